The van der Waals surface area contributed by atoms with Gasteiger partial charge in [-0.05, 0) is 41.6 Å². The first kappa shape index (κ1) is 16.7. The second-order valence-corrected chi connectivity index (χ2v) is 6.82. The van der Waals surface area contributed by atoms with E-state index in [1.165, 1.54) is 0 Å². The molecule has 142 valence electrons. The second kappa shape index (κ2) is 6.05. The number of carbonyl (C=O) groups is 1. The van der Waals surface area contributed by atoms with Crippen molar-refractivity contribution in [2.45, 2.75) is 12.8 Å². The molecule has 0 bridgehead atoms. The first-order valence-corrected chi connectivity index (χ1v) is 8.99. The summed E-state index contributed by atoms with van der Waals surface area (Å²) in [5.41, 5.74) is 2.84. The molecule has 0 unspecified atom stereocenters. The Labute approximate surface area is 161 Å². The summed E-state index contributed by atoms with van der Waals surface area (Å²) in [7, 11) is 3.11. The van der Waals surface area contributed by atoms with Gasteiger partial charge in [-0.2, -0.15) is 0 Å². The van der Waals surface area contributed by atoms with Gasteiger partial charge < -0.3 is 24.1 Å². The lowest BCUT2D eigenvalue weighted by Crippen LogP contribution is -1.99. The maximum absolute atomic E-state index is 12.7. The highest BCUT2D eigenvalue weighted by Gasteiger charge is 2.31. The van der Waals surface area contributed by atoms with Gasteiger partial charge in [0.25, 0.3) is 0 Å². The Hall–Kier alpha value is -3.41. The first-order chi connectivity index (χ1) is 13.6. The molecule has 1 N–H and O–H groups in total. The Morgan fingerprint density at radius 3 is 2.36 bits per heavy atom. The van der Waals surface area contributed by atoms with E-state index in [9.17, 15) is 9.90 Å². The van der Waals surface area contributed by atoms with Gasteiger partial charge in [0.2, 0.25) is 6.79 Å². The van der Waals surface area contributed by atoms with Gasteiger partial charge in [0.1, 0.15) is 5.75 Å². The third-order valence-corrected chi connectivity index (χ3v) is 5.43. The molecule has 1 heterocycles. The number of hydrogen-bond acceptors (Lipinski definition) is 6. The van der Waals surface area contributed by atoms with E-state index in [0.29, 0.717) is 52.4 Å². The zero-order valence-corrected chi connectivity index (χ0v) is 15.5. The minimum absolute atomic E-state index is 0.0228. The quantitative estimate of drug-likeness (QED) is 0.740. The number of hydrogen-bond donors (Lipinski definition) is 1. The zero-order valence-electron chi connectivity index (χ0n) is 15.5. The Kier molecular flexibility index (Phi) is 3.62. The maximum Gasteiger partial charge on any atom is 0.231 e. The van der Waals surface area contributed by atoms with E-state index in [0.717, 1.165) is 16.5 Å². The van der Waals surface area contributed by atoms with Crippen LogP contribution in [0.3, 0.4) is 0 Å². The van der Waals surface area contributed by atoms with Crippen molar-refractivity contribution >= 4 is 16.6 Å². The van der Waals surface area contributed by atoms with Crippen LogP contribution in [0.25, 0.3) is 21.9 Å². The van der Waals surface area contributed by atoms with Crippen LogP contribution in [0.4, 0.5) is 0 Å². The number of ether oxygens (including phenoxy) is 4. The van der Waals surface area contributed by atoms with Gasteiger partial charge in [0.05, 0.1) is 14.2 Å². The fraction of sp³-hybridized carbons (Fsp3) is 0.227. The third kappa shape index (κ3) is 2.24. The van der Waals surface area contributed by atoms with Gasteiger partial charge in [0, 0.05) is 28.5 Å². The molecule has 28 heavy (non-hydrogen) atoms. The summed E-state index contributed by atoms with van der Waals surface area (Å²) in [6.45, 7) is 0.178. The van der Waals surface area contributed by atoms with Crippen molar-refractivity contribution in [1.29, 1.82) is 0 Å². The molecular weight excluding hydrogens is 360 g/mol. The van der Waals surface area contributed by atoms with Crippen molar-refractivity contribution in [3.05, 3.63) is 41.5 Å². The molecule has 3 aromatic rings. The summed E-state index contributed by atoms with van der Waals surface area (Å²) >= 11 is 0. The van der Waals surface area contributed by atoms with Crippen molar-refractivity contribution < 1.29 is 28.8 Å². The molecule has 0 saturated carbocycles. The predicted molar refractivity (Wildman–Crippen MR) is 103 cm³/mol. The van der Waals surface area contributed by atoms with Crippen LogP contribution >= 0.6 is 0 Å². The summed E-state index contributed by atoms with van der Waals surface area (Å²) in [4.78, 5) is 12.7. The van der Waals surface area contributed by atoms with Crippen LogP contribution in [-0.4, -0.2) is 31.9 Å². The van der Waals surface area contributed by atoms with Gasteiger partial charge in [-0.1, -0.05) is 6.07 Å². The topological polar surface area (TPSA) is 74.2 Å². The number of ketones is 1. The summed E-state index contributed by atoms with van der Waals surface area (Å²) in [5, 5.41) is 12.3. The molecule has 0 aromatic heterocycles. The number of aromatic hydroxyl groups is 1. The van der Waals surface area contributed by atoms with Crippen LogP contribution in [0, 0.1) is 0 Å². The average molecular weight is 378 g/mol. The highest BCUT2D eigenvalue weighted by molar-refractivity contribution is 6.16. The molecule has 3 aromatic carbocycles. The van der Waals surface area contributed by atoms with E-state index >= 15 is 0 Å². The normalized spacial score (nSPS) is 14.4. The molecule has 6 heteroatoms. The van der Waals surface area contributed by atoms with Crippen LogP contribution in [0.5, 0.6) is 28.7 Å². The van der Waals surface area contributed by atoms with Crippen molar-refractivity contribution in [1.82, 2.24) is 0 Å². The molecule has 0 amide bonds. The molecule has 1 aliphatic carbocycles. The lowest BCUT2D eigenvalue weighted by atomic mass is 9.89. The van der Waals surface area contributed by atoms with Crippen LogP contribution < -0.4 is 18.9 Å². The Bertz CT molecular complexity index is 1150. The van der Waals surface area contributed by atoms with E-state index in [2.05, 4.69) is 0 Å². The molecule has 0 saturated heterocycles. The number of benzene rings is 3. The van der Waals surface area contributed by atoms with Crippen LogP contribution in [-0.2, 0) is 6.42 Å². The van der Waals surface area contributed by atoms with E-state index in [1.54, 1.807) is 26.4 Å². The maximum atomic E-state index is 12.7. The number of phenolic OH excluding ortho intramolecular Hbond substituents is 1. The molecule has 0 atom stereocenters. The number of Topliss-reactive ketones (excluding diaryl/α,β-unsaturated/α-hetero) is 1. The monoisotopic (exact) mass is 378 g/mol. The van der Waals surface area contributed by atoms with Gasteiger partial charge in [0.15, 0.2) is 28.8 Å². The van der Waals surface area contributed by atoms with Gasteiger partial charge in [-0.3, -0.25) is 4.79 Å². The van der Waals surface area contributed by atoms with Crippen molar-refractivity contribution in [3.8, 4) is 39.9 Å². The van der Waals surface area contributed by atoms with Crippen LogP contribution in [0.15, 0.2) is 30.3 Å². The molecule has 6 nitrogen and oxygen atoms in total. The van der Waals surface area contributed by atoms with E-state index in [1.807, 2.05) is 18.2 Å². The first-order valence-electron chi connectivity index (χ1n) is 8.99. The van der Waals surface area contributed by atoms with Gasteiger partial charge in [-0.15, -0.1) is 0 Å². The average Bonchev–Trinajstić information content (AvgIpc) is 3.34. The number of carbonyl (C=O) groups excluding carboxylic acids is 1. The Balaban J connectivity index is 1.90. The molecule has 2 aliphatic rings. The van der Waals surface area contributed by atoms with E-state index in [-0.39, 0.29) is 18.3 Å². The third-order valence-electron chi connectivity index (χ3n) is 5.43. The van der Waals surface area contributed by atoms with Crippen molar-refractivity contribution in [3.63, 3.8) is 0 Å². The van der Waals surface area contributed by atoms with Gasteiger partial charge in [-0.25, -0.2) is 0 Å². The van der Waals surface area contributed by atoms with E-state index in [4.69, 9.17) is 18.9 Å². The minimum atomic E-state index is 0.0228. The number of phenols is 1. The van der Waals surface area contributed by atoms with Crippen LogP contribution in [0.1, 0.15) is 22.3 Å². The molecule has 0 fully saturated rings. The highest BCUT2D eigenvalue weighted by Crippen LogP contribution is 2.49. The fourth-order valence-corrected chi connectivity index (χ4v) is 4.11. The summed E-state index contributed by atoms with van der Waals surface area (Å²) < 4.78 is 21.8. The standard InChI is InChI=1S/C22H18O6/c1-25-17-8-13-14(9-18(17)26-2)22(24)12-4-5-15(23)21(12)20(13)11-3-6-16-19(7-11)28-10-27-16/h3,6-9,24H,4-5,10H2,1-2H3. The molecule has 0 spiro atoms. The second-order valence-electron chi connectivity index (χ2n) is 6.82. The lowest BCUT2D eigenvalue weighted by Gasteiger charge is -2.17. The van der Waals surface area contributed by atoms with Crippen molar-refractivity contribution in [2.75, 3.05) is 21.0 Å². The van der Waals surface area contributed by atoms with Crippen LogP contribution in [0.2, 0.25) is 0 Å². The number of methoxy groups -OCH3 is 2. The Morgan fingerprint density at radius 1 is 0.893 bits per heavy atom. The highest BCUT2D eigenvalue weighted by atomic mass is 16.7. The predicted octanol–water partition coefficient (Wildman–Crippen LogP) is 4.09. The van der Waals surface area contributed by atoms with Crippen molar-refractivity contribution in [2.24, 2.45) is 0 Å². The molecule has 0 radical (unpaired) electrons. The van der Waals surface area contributed by atoms with Gasteiger partial charge >= 0.3 is 0 Å². The Morgan fingerprint density at radius 2 is 1.61 bits per heavy atom. The summed E-state index contributed by atoms with van der Waals surface area (Å²) in [6.07, 6.45) is 0.896. The summed E-state index contributed by atoms with van der Waals surface area (Å²) in [5.74, 6) is 2.51. The molecular formula is C22H18O6. The minimum Gasteiger partial charge on any atom is -0.507 e. The summed E-state index contributed by atoms with van der Waals surface area (Å²) in [6, 6.07) is 9.17. The lowest BCUT2D eigenvalue weighted by molar-refractivity contribution is 0.0995. The zero-order chi connectivity index (χ0) is 19.4. The molecule has 5 rings (SSSR count). The van der Waals surface area contributed by atoms with E-state index < -0.39 is 0 Å². The SMILES string of the molecule is COc1cc2c(O)c3c(c(-c4ccc5c(c4)OCO5)c2cc1OC)C(=O)CC3. The molecule has 1 aliphatic heterocycles. The fourth-order valence-electron chi connectivity index (χ4n) is 4.11. The largest absolute Gasteiger partial charge is 0.507 e. The smallest absolute Gasteiger partial charge is 0.231 e. The number of rotatable bonds is 3. The number of fused-ring (bicyclic) bond motifs is 3.